The summed E-state index contributed by atoms with van der Waals surface area (Å²) in [6, 6.07) is 6.82. The average Bonchev–Trinajstić information content (AvgIpc) is 3.06. The van der Waals surface area contributed by atoms with Gasteiger partial charge in [-0.3, -0.25) is 14.4 Å². The van der Waals surface area contributed by atoms with Gasteiger partial charge in [0.05, 0.1) is 6.04 Å². The molecule has 0 spiro atoms. The molecule has 0 aliphatic heterocycles. The Bertz CT molecular complexity index is 771. The summed E-state index contributed by atoms with van der Waals surface area (Å²) in [6.07, 6.45) is 1.74. The SMILES string of the molecule is CC(=O)O.CC(=O)O.Cc1cnc(C(C)NC(=O)c2cccc(OCCN)c2)[nH]1. The number of carboxylic acid groups (broad SMARTS) is 2. The number of rotatable bonds is 6. The van der Waals surface area contributed by atoms with Crippen molar-refractivity contribution in [3.05, 3.63) is 47.5 Å². The van der Waals surface area contributed by atoms with Gasteiger partial charge in [0.1, 0.15) is 18.2 Å². The normalized spacial score (nSPS) is 10.4. The van der Waals surface area contributed by atoms with Crippen LogP contribution in [-0.2, 0) is 9.59 Å². The summed E-state index contributed by atoms with van der Waals surface area (Å²) in [5.41, 5.74) is 6.89. The minimum atomic E-state index is -0.833. The van der Waals surface area contributed by atoms with E-state index in [0.29, 0.717) is 24.5 Å². The lowest BCUT2D eigenvalue weighted by atomic mass is 10.2. The van der Waals surface area contributed by atoms with Gasteiger partial charge < -0.3 is 31.0 Å². The number of carboxylic acids is 2. The second-order valence-corrected chi connectivity index (χ2v) is 5.85. The molecular weight excluding hydrogens is 380 g/mol. The lowest BCUT2D eigenvalue weighted by Gasteiger charge is -2.12. The molecule has 0 aliphatic carbocycles. The number of nitrogens with two attached hydrogens (primary N) is 1. The molecule has 2 rings (SSSR count). The van der Waals surface area contributed by atoms with Gasteiger partial charge in [-0.1, -0.05) is 6.07 Å². The first-order valence-electron chi connectivity index (χ1n) is 8.71. The minimum Gasteiger partial charge on any atom is -0.492 e. The highest BCUT2D eigenvalue weighted by Gasteiger charge is 2.14. The lowest BCUT2D eigenvalue weighted by molar-refractivity contribution is -0.135. The number of ether oxygens (including phenoxy) is 1. The van der Waals surface area contributed by atoms with E-state index in [4.69, 9.17) is 30.3 Å². The Morgan fingerprint density at radius 3 is 2.31 bits per heavy atom. The molecule has 10 heteroatoms. The van der Waals surface area contributed by atoms with Gasteiger partial charge in [-0.2, -0.15) is 0 Å². The average molecular weight is 408 g/mol. The summed E-state index contributed by atoms with van der Waals surface area (Å²) >= 11 is 0. The molecule has 0 fully saturated rings. The Labute approximate surface area is 169 Å². The minimum absolute atomic E-state index is 0.172. The maximum Gasteiger partial charge on any atom is 0.300 e. The molecule has 160 valence electrons. The number of nitrogens with one attached hydrogen (secondary N) is 2. The third kappa shape index (κ3) is 12.6. The number of hydrogen-bond donors (Lipinski definition) is 5. The summed E-state index contributed by atoms with van der Waals surface area (Å²) in [6.45, 7) is 6.83. The van der Waals surface area contributed by atoms with E-state index in [1.165, 1.54) is 0 Å². The van der Waals surface area contributed by atoms with Crippen LogP contribution in [0.15, 0.2) is 30.5 Å². The predicted octanol–water partition coefficient (Wildman–Crippen LogP) is 1.73. The zero-order valence-electron chi connectivity index (χ0n) is 16.9. The van der Waals surface area contributed by atoms with Gasteiger partial charge in [0, 0.05) is 37.8 Å². The summed E-state index contributed by atoms with van der Waals surface area (Å²) in [4.78, 5) is 37.5. The number of carbonyl (C=O) groups is 3. The smallest absolute Gasteiger partial charge is 0.300 e. The number of H-pyrrole nitrogens is 1. The van der Waals surface area contributed by atoms with Gasteiger partial charge in [-0.15, -0.1) is 0 Å². The highest BCUT2D eigenvalue weighted by molar-refractivity contribution is 5.94. The van der Waals surface area contributed by atoms with E-state index >= 15 is 0 Å². The van der Waals surface area contributed by atoms with Gasteiger partial charge in [-0.25, -0.2) is 4.98 Å². The first kappa shape index (κ1) is 25.6. The van der Waals surface area contributed by atoms with Crippen molar-refractivity contribution in [3.8, 4) is 5.75 Å². The fourth-order valence-corrected chi connectivity index (χ4v) is 1.91. The van der Waals surface area contributed by atoms with Gasteiger partial charge in [0.2, 0.25) is 0 Å². The Morgan fingerprint density at radius 1 is 1.24 bits per heavy atom. The van der Waals surface area contributed by atoms with E-state index in [9.17, 15) is 4.79 Å². The molecular formula is C19H28N4O6. The molecule has 29 heavy (non-hydrogen) atoms. The number of hydrogen-bond acceptors (Lipinski definition) is 6. The van der Waals surface area contributed by atoms with Crippen LogP contribution in [0.1, 0.15) is 48.7 Å². The largest absolute Gasteiger partial charge is 0.492 e. The Balaban J connectivity index is 0.000000837. The highest BCUT2D eigenvalue weighted by atomic mass is 16.5. The molecule has 1 atom stereocenters. The van der Waals surface area contributed by atoms with E-state index in [1.807, 2.05) is 13.8 Å². The summed E-state index contributed by atoms with van der Waals surface area (Å²) in [5.74, 6) is -0.472. The highest BCUT2D eigenvalue weighted by Crippen LogP contribution is 2.15. The van der Waals surface area contributed by atoms with E-state index in [1.54, 1.807) is 30.5 Å². The molecule has 1 aromatic heterocycles. The number of aromatic nitrogens is 2. The van der Waals surface area contributed by atoms with Crippen molar-refractivity contribution in [2.75, 3.05) is 13.2 Å². The first-order chi connectivity index (χ1) is 13.6. The topological polar surface area (TPSA) is 168 Å². The number of aromatic amines is 1. The van der Waals surface area contributed by atoms with Crippen molar-refractivity contribution in [1.29, 1.82) is 0 Å². The van der Waals surface area contributed by atoms with Crippen LogP contribution in [0, 0.1) is 6.92 Å². The van der Waals surface area contributed by atoms with Crippen molar-refractivity contribution in [2.45, 2.75) is 33.7 Å². The number of aliphatic carboxylic acids is 2. The number of imidazole rings is 1. The second kappa shape index (κ2) is 13.7. The summed E-state index contributed by atoms with van der Waals surface area (Å²) in [7, 11) is 0. The fraction of sp³-hybridized carbons (Fsp3) is 0.368. The number of benzene rings is 1. The molecule has 6 N–H and O–H groups in total. The zero-order valence-corrected chi connectivity index (χ0v) is 16.9. The van der Waals surface area contributed by atoms with Crippen molar-refractivity contribution in [1.82, 2.24) is 15.3 Å². The molecule has 2 aromatic rings. The molecule has 0 aliphatic rings. The van der Waals surface area contributed by atoms with Crippen LogP contribution in [-0.4, -0.2) is 51.2 Å². The third-order valence-electron chi connectivity index (χ3n) is 2.96. The molecule has 1 heterocycles. The third-order valence-corrected chi connectivity index (χ3v) is 2.96. The Hall–Kier alpha value is -3.40. The van der Waals surface area contributed by atoms with Gasteiger partial charge in [-0.05, 0) is 32.0 Å². The van der Waals surface area contributed by atoms with E-state index in [-0.39, 0.29) is 11.9 Å². The molecule has 0 bridgehead atoms. The first-order valence-corrected chi connectivity index (χ1v) is 8.71. The number of amides is 1. The second-order valence-electron chi connectivity index (χ2n) is 5.85. The van der Waals surface area contributed by atoms with Crippen LogP contribution in [0.25, 0.3) is 0 Å². The van der Waals surface area contributed by atoms with E-state index in [0.717, 1.165) is 25.4 Å². The maximum absolute atomic E-state index is 12.2. The van der Waals surface area contributed by atoms with Gasteiger partial charge >= 0.3 is 0 Å². The summed E-state index contributed by atoms with van der Waals surface area (Å²) in [5, 5.41) is 17.7. The Kier molecular flexibility index (Phi) is 12.1. The van der Waals surface area contributed by atoms with Crippen LogP contribution < -0.4 is 15.8 Å². The van der Waals surface area contributed by atoms with E-state index in [2.05, 4.69) is 15.3 Å². The summed E-state index contributed by atoms with van der Waals surface area (Å²) < 4.78 is 5.42. The molecule has 1 aromatic carbocycles. The van der Waals surface area contributed by atoms with Gasteiger partial charge in [0.15, 0.2) is 0 Å². The lowest BCUT2D eigenvalue weighted by Crippen LogP contribution is -2.27. The van der Waals surface area contributed by atoms with E-state index < -0.39 is 11.9 Å². The molecule has 0 saturated heterocycles. The van der Waals surface area contributed by atoms with Crippen LogP contribution in [0.3, 0.4) is 0 Å². The fourth-order valence-electron chi connectivity index (χ4n) is 1.91. The maximum atomic E-state index is 12.2. The zero-order chi connectivity index (χ0) is 22.4. The van der Waals surface area contributed by atoms with Crippen LogP contribution >= 0.6 is 0 Å². The van der Waals surface area contributed by atoms with Crippen LogP contribution in [0.4, 0.5) is 0 Å². The van der Waals surface area contributed by atoms with Gasteiger partial charge in [0.25, 0.3) is 17.8 Å². The monoisotopic (exact) mass is 408 g/mol. The number of nitrogens with zero attached hydrogens (tertiary/aromatic N) is 1. The van der Waals surface area contributed by atoms with Crippen molar-refractivity contribution >= 4 is 17.8 Å². The standard InChI is InChI=1S/C15H20N4O2.2C2H4O2/c1-10-9-17-14(18-10)11(2)19-15(20)12-4-3-5-13(8-12)21-7-6-16;2*1-2(3)4/h3-5,8-9,11H,6-7,16H2,1-2H3,(H,17,18)(H,19,20);2*1H3,(H,3,4). The predicted molar refractivity (Wildman–Crippen MR) is 107 cm³/mol. The molecule has 0 saturated carbocycles. The quantitative estimate of drug-likeness (QED) is 0.481. The van der Waals surface area contributed by atoms with Crippen molar-refractivity contribution in [3.63, 3.8) is 0 Å². The Morgan fingerprint density at radius 2 is 1.83 bits per heavy atom. The van der Waals surface area contributed by atoms with Crippen molar-refractivity contribution < 1.29 is 29.3 Å². The van der Waals surface area contributed by atoms with Crippen molar-refractivity contribution in [2.24, 2.45) is 5.73 Å². The van der Waals surface area contributed by atoms with Crippen LogP contribution in [0.2, 0.25) is 0 Å². The number of aryl methyl sites for hydroxylation is 1. The molecule has 0 radical (unpaired) electrons. The van der Waals surface area contributed by atoms with Crippen LogP contribution in [0.5, 0.6) is 5.75 Å². The molecule has 1 amide bonds. The molecule has 10 nitrogen and oxygen atoms in total. The number of carbonyl (C=O) groups excluding carboxylic acids is 1. The molecule has 1 unspecified atom stereocenters.